The Balaban J connectivity index is 1.80. The zero-order chi connectivity index (χ0) is 14.4. The van der Waals surface area contributed by atoms with Gasteiger partial charge in [-0.05, 0) is 18.9 Å². The van der Waals surface area contributed by atoms with Crippen molar-refractivity contribution in [2.24, 2.45) is 0 Å². The molecule has 2 aromatic rings. The molecule has 0 bridgehead atoms. The Hall–Kier alpha value is -1.61. The highest BCUT2D eigenvalue weighted by Gasteiger charge is 2.05. The molecule has 0 aliphatic heterocycles. The van der Waals surface area contributed by atoms with E-state index in [0.29, 0.717) is 6.04 Å². The summed E-state index contributed by atoms with van der Waals surface area (Å²) in [4.78, 5) is 4.34. The summed E-state index contributed by atoms with van der Waals surface area (Å²) < 4.78 is 5.77. The number of benzene rings is 1. The molecule has 0 atom stereocenters. The van der Waals surface area contributed by atoms with Crippen LogP contribution < -0.4 is 5.32 Å². The Kier molecular flexibility index (Phi) is 5.36. The third kappa shape index (κ3) is 4.82. The lowest BCUT2D eigenvalue weighted by Crippen LogP contribution is -2.24. The van der Waals surface area contributed by atoms with Gasteiger partial charge in [-0.25, -0.2) is 4.98 Å². The van der Waals surface area contributed by atoms with Crippen LogP contribution in [0.1, 0.15) is 36.6 Å². The van der Waals surface area contributed by atoms with Crippen LogP contribution in [0.3, 0.4) is 0 Å². The summed E-state index contributed by atoms with van der Waals surface area (Å²) in [5.41, 5.74) is 2.66. The molecule has 2 rings (SSSR count). The maximum absolute atomic E-state index is 5.77. The van der Waals surface area contributed by atoms with Gasteiger partial charge in [-0.3, -0.25) is 0 Å². The van der Waals surface area contributed by atoms with Crippen molar-refractivity contribution in [3.63, 3.8) is 0 Å². The predicted octanol–water partition coefficient (Wildman–Crippen LogP) is 3.31. The van der Waals surface area contributed by atoms with Crippen molar-refractivity contribution in [3.05, 3.63) is 53.2 Å². The maximum atomic E-state index is 5.77. The minimum Gasteiger partial charge on any atom is -0.446 e. The Bertz CT molecular complexity index is 531. The van der Waals surface area contributed by atoms with E-state index in [1.165, 1.54) is 11.1 Å². The number of aromatic nitrogens is 1. The van der Waals surface area contributed by atoms with Crippen LogP contribution in [0.15, 0.2) is 34.9 Å². The Morgan fingerprint density at radius 1 is 1.20 bits per heavy atom. The Morgan fingerprint density at radius 2 is 2.05 bits per heavy atom. The maximum Gasteiger partial charge on any atom is 0.195 e. The van der Waals surface area contributed by atoms with E-state index in [0.717, 1.165) is 37.5 Å². The molecule has 0 radical (unpaired) electrons. The topological polar surface area (TPSA) is 38.1 Å². The molecule has 0 amide bonds. The van der Waals surface area contributed by atoms with Crippen molar-refractivity contribution < 1.29 is 4.42 Å². The summed E-state index contributed by atoms with van der Waals surface area (Å²) in [7, 11) is 0. The molecule has 1 aromatic heterocycles. The second-order valence-corrected chi connectivity index (χ2v) is 5.57. The molecule has 0 aliphatic carbocycles. The normalized spacial score (nSPS) is 11.2. The lowest BCUT2D eigenvalue weighted by Gasteiger charge is -2.05. The molecule has 3 nitrogen and oxygen atoms in total. The fourth-order valence-electron chi connectivity index (χ4n) is 2.18. The molecule has 1 N–H and O–H groups in total. The molecule has 20 heavy (non-hydrogen) atoms. The standard InChI is InChI=1S/C17H24N2O/c1-13(2)18-10-9-17-19-12-16(20-17)8-7-15-6-4-5-14(3)11-15/h4-6,11-13,18H,7-10H2,1-3H3. The van der Waals surface area contributed by atoms with Crippen LogP contribution in [-0.2, 0) is 19.3 Å². The van der Waals surface area contributed by atoms with Gasteiger partial charge in [0.2, 0.25) is 0 Å². The van der Waals surface area contributed by atoms with Gasteiger partial charge in [0.05, 0.1) is 6.20 Å². The zero-order valence-corrected chi connectivity index (χ0v) is 12.6. The van der Waals surface area contributed by atoms with Gasteiger partial charge in [0.15, 0.2) is 5.89 Å². The number of nitrogens with one attached hydrogen (secondary N) is 1. The quantitative estimate of drug-likeness (QED) is 0.840. The Labute approximate surface area is 121 Å². The first-order valence-corrected chi connectivity index (χ1v) is 7.36. The second kappa shape index (κ2) is 7.25. The summed E-state index contributed by atoms with van der Waals surface area (Å²) in [6, 6.07) is 9.12. The SMILES string of the molecule is Cc1cccc(CCc2cnc(CCNC(C)C)o2)c1. The van der Waals surface area contributed by atoms with Gasteiger partial charge in [0.1, 0.15) is 5.76 Å². The average Bonchev–Trinajstić information content (AvgIpc) is 2.84. The molecule has 0 saturated heterocycles. The van der Waals surface area contributed by atoms with E-state index in [9.17, 15) is 0 Å². The van der Waals surface area contributed by atoms with E-state index in [1.807, 2.05) is 6.20 Å². The monoisotopic (exact) mass is 272 g/mol. The molecular weight excluding hydrogens is 248 g/mol. The van der Waals surface area contributed by atoms with Gasteiger partial charge in [0, 0.05) is 25.4 Å². The van der Waals surface area contributed by atoms with Crippen LogP contribution in [0.5, 0.6) is 0 Å². The molecule has 1 heterocycles. The van der Waals surface area contributed by atoms with Gasteiger partial charge < -0.3 is 9.73 Å². The van der Waals surface area contributed by atoms with E-state index in [2.05, 4.69) is 55.3 Å². The lowest BCUT2D eigenvalue weighted by atomic mass is 10.1. The molecule has 0 saturated carbocycles. The number of hydrogen-bond acceptors (Lipinski definition) is 3. The van der Waals surface area contributed by atoms with Crippen LogP contribution in [0.4, 0.5) is 0 Å². The summed E-state index contributed by atoms with van der Waals surface area (Å²) in [5.74, 6) is 1.81. The molecule has 0 aliphatic rings. The lowest BCUT2D eigenvalue weighted by molar-refractivity contribution is 0.443. The fraction of sp³-hybridized carbons (Fsp3) is 0.471. The first-order valence-electron chi connectivity index (χ1n) is 7.36. The third-order valence-corrected chi connectivity index (χ3v) is 3.24. The third-order valence-electron chi connectivity index (χ3n) is 3.24. The number of oxazole rings is 1. The molecule has 0 unspecified atom stereocenters. The molecule has 1 aromatic carbocycles. The van der Waals surface area contributed by atoms with Crippen molar-refractivity contribution in [3.8, 4) is 0 Å². The van der Waals surface area contributed by atoms with Gasteiger partial charge in [-0.15, -0.1) is 0 Å². The van der Waals surface area contributed by atoms with Gasteiger partial charge in [0.25, 0.3) is 0 Å². The highest BCUT2D eigenvalue weighted by molar-refractivity contribution is 5.22. The van der Waals surface area contributed by atoms with Crippen LogP contribution in [0, 0.1) is 6.92 Å². The van der Waals surface area contributed by atoms with Crippen molar-refractivity contribution >= 4 is 0 Å². The van der Waals surface area contributed by atoms with Crippen LogP contribution >= 0.6 is 0 Å². The average molecular weight is 272 g/mol. The number of aryl methyl sites for hydroxylation is 3. The van der Waals surface area contributed by atoms with E-state index in [1.54, 1.807) is 0 Å². The van der Waals surface area contributed by atoms with Gasteiger partial charge >= 0.3 is 0 Å². The Morgan fingerprint density at radius 3 is 2.80 bits per heavy atom. The highest BCUT2D eigenvalue weighted by Crippen LogP contribution is 2.10. The second-order valence-electron chi connectivity index (χ2n) is 5.57. The molecule has 0 spiro atoms. The van der Waals surface area contributed by atoms with Gasteiger partial charge in [-0.1, -0.05) is 43.7 Å². The molecule has 108 valence electrons. The molecule has 3 heteroatoms. The number of hydrogen-bond donors (Lipinski definition) is 1. The smallest absolute Gasteiger partial charge is 0.195 e. The van der Waals surface area contributed by atoms with Crippen molar-refractivity contribution in [2.45, 2.75) is 46.1 Å². The predicted molar refractivity (Wildman–Crippen MR) is 81.9 cm³/mol. The first-order chi connectivity index (χ1) is 9.63. The molecule has 0 fully saturated rings. The van der Waals surface area contributed by atoms with Crippen molar-refractivity contribution in [2.75, 3.05) is 6.54 Å². The van der Waals surface area contributed by atoms with Crippen molar-refractivity contribution in [1.82, 2.24) is 10.3 Å². The summed E-state index contributed by atoms with van der Waals surface area (Å²) >= 11 is 0. The number of rotatable bonds is 7. The van der Waals surface area contributed by atoms with E-state index >= 15 is 0 Å². The largest absolute Gasteiger partial charge is 0.446 e. The number of nitrogens with zero attached hydrogens (tertiary/aromatic N) is 1. The van der Waals surface area contributed by atoms with Crippen LogP contribution in [-0.4, -0.2) is 17.6 Å². The minimum absolute atomic E-state index is 0.505. The van der Waals surface area contributed by atoms with E-state index in [4.69, 9.17) is 4.42 Å². The first kappa shape index (κ1) is 14.8. The minimum atomic E-state index is 0.505. The van der Waals surface area contributed by atoms with E-state index < -0.39 is 0 Å². The van der Waals surface area contributed by atoms with Gasteiger partial charge in [-0.2, -0.15) is 0 Å². The summed E-state index contributed by atoms with van der Waals surface area (Å²) in [5, 5.41) is 3.37. The summed E-state index contributed by atoms with van der Waals surface area (Å²) in [6.07, 6.45) is 4.62. The van der Waals surface area contributed by atoms with Crippen molar-refractivity contribution in [1.29, 1.82) is 0 Å². The summed E-state index contributed by atoms with van der Waals surface area (Å²) in [6.45, 7) is 7.32. The highest BCUT2D eigenvalue weighted by atomic mass is 16.4. The van der Waals surface area contributed by atoms with E-state index in [-0.39, 0.29) is 0 Å². The fourth-order valence-corrected chi connectivity index (χ4v) is 2.18. The molecular formula is C17H24N2O. The zero-order valence-electron chi connectivity index (χ0n) is 12.6. The van der Waals surface area contributed by atoms with Crippen LogP contribution in [0.2, 0.25) is 0 Å². The van der Waals surface area contributed by atoms with Crippen LogP contribution in [0.25, 0.3) is 0 Å².